The minimum atomic E-state index is -4.59. The molecule has 0 aliphatic carbocycles. The first kappa shape index (κ1) is 59.2. The molecule has 1 amide bonds. The molecule has 0 aromatic heterocycles. The molecule has 0 fully saturated rings. The smallest absolute Gasteiger partial charge is 0.268 e. The van der Waals surface area contributed by atoms with E-state index in [9.17, 15) is 19.4 Å². The van der Waals surface area contributed by atoms with Crippen molar-refractivity contribution in [3.8, 4) is 0 Å². The van der Waals surface area contributed by atoms with Crippen molar-refractivity contribution in [3.63, 3.8) is 0 Å². The molecule has 0 bridgehead atoms. The molecular weight excluding hydrogens is 768 g/mol. The number of nitrogens with zero attached hydrogens (tertiary/aromatic N) is 1. The van der Waals surface area contributed by atoms with Crippen LogP contribution in [0.1, 0.15) is 258 Å². The van der Waals surface area contributed by atoms with Gasteiger partial charge < -0.3 is 28.8 Å². The summed E-state index contributed by atoms with van der Waals surface area (Å²) in [5, 5.41) is 13.9. The Hall–Kier alpha value is -0.760. The fourth-order valence-corrected chi connectivity index (χ4v) is 8.58. The summed E-state index contributed by atoms with van der Waals surface area (Å²) in [6.07, 6.45) is 51.2. The molecule has 60 heavy (non-hydrogen) atoms. The molecule has 0 radical (unpaired) electrons. The Morgan fingerprint density at radius 3 is 1.25 bits per heavy atom. The highest BCUT2D eigenvalue weighted by atomic mass is 31.2. The number of carbonyl (C=O) groups excluding carboxylic acids is 1. The lowest BCUT2D eigenvalue weighted by atomic mass is 10.0. The molecule has 2 N–H and O–H groups in total. The summed E-state index contributed by atoms with van der Waals surface area (Å²) >= 11 is 0. The highest BCUT2D eigenvalue weighted by molar-refractivity contribution is 7.45. The summed E-state index contributed by atoms with van der Waals surface area (Å²) in [6.45, 7) is 4.69. The van der Waals surface area contributed by atoms with Crippen LogP contribution in [0.2, 0.25) is 0 Å². The van der Waals surface area contributed by atoms with Crippen molar-refractivity contribution in [1.82, 2.24) is 5.32 Å². The van der Waals surface area contributed by atoms with E-state index < -0.39 is 20.0 Å². The Balaban J connectivity index is 4.27. The van der Waals surface area contributed by atoms with Gasteiger partial charge in [-0.1, -0.05) is 244 Å². The van der Waals surface area contributed by atoms with Gasteiger partial charge in [-0.25, -0.2) is 0 Å². The van der Waals surface area contributed by atoms with Gasteiger partial charge >= 0.3 is 0 Å². The first-order chi connectivity index (χ1) is 29.0. The summed E-state index contributed by atoms with van der Waals surface area (Å²) < 4.78 is 23.3. The fraction of sp³-hybridized carbons (Fsp3) is 0.941. The quantitative estimate of drug-likeness (QED) is 0.0273. The molecule has 3 unspecified atom stereocenters. The van der Waals surface area contributed by atoms with Gasteiger partial charge in [-0.2, -0.15) is 0 Å². The number of rotatable bonds is 48. The van der Waals surface area contributed by atoms with Crippen molar-refractivity contribution in [2.45, 2.75) is 270 Å². The van der Waals surface area contributed by atoms with Gasteiger partial charge in [-0.15, -0.1) is 0 Å². The molecule has 8 nitrogen and oxygen atoms in total. The average Bonchev–Trinajstić information content (AvgIpc) is 3.20. The van der Waals surface area contributed by atoms with Crippen LogP contribution in [0.5, 0.6) is 0 Å². The van der Waals surface area contributed by atoms with Gasteiger partial charge in [0, 0.05) is 6.42 Å². The van der Waals surface area contributed by atoms with Gasteiger partial charge in [0.05, 0.1) is 39.9 Å². The van der Waals surface area contributed by atoms with Gasteiger partial charge in [0.2, 0.25) is 5.91 Å². The van der Waals surface area contributed by atoms with E-state index in [0.717, 1.165) is 38.5 Å². The summed E-state index contributed by atoms with van der Waals surface area (Å²) in [5.74, 6) is -0.192. The largest absolute Gasteiger partial charge is 0.756 e. The summed E-state index contributed by atoms with van der Waals surface area (Å²) in [4.78, 5) is 25.4. The van der Waals surface area contributed by atoms with Crippen LogP contribution < -0.4 is 10.2 Å². The number of hydrogen-bond donors (Lipinski definition) is 2. The number of phosphoric ester groups is 1. The lowest BCUT2D eigenvalue weighted by molar-refractivity contribution is -0.870. The van der Waals surface area contributed by atoms with Crippen molar-refractivity contribution in [1.29, 1.82) is 0 Å². The zero-order valence-corrected chi connectivity index (χ0v) is 41.6. The Morgan fingerprint density at radius 2 is 0.900 bits per heavy atom. The molecule has 0 saturated carbocycles. The standard InChI is InChI=1S/C51H103N2O6P/c1-6-8-10-12-14-16-18-20-22-24-25-26-27-29-30-32-34-36-38-40-42-44-50(54)49(48-59-60(56,57)58-47-46-53(3,4)5)52-51(55)45-43-41-39-37-35-33-31-28-23-21-19-17-15-13-11-9-7-2/h42,44,49-50,54H,6-41,43,45-48H2,1-5H3,(H-,52,55,56,57)/b44-42+. The number of unbranched alkanes of at least 4 members (excludes halogenated alkanes) is 35. The molecule has 0 aliphatic heterocycles. The monoisotopic (exact) mass is 871 g/mol. The lowest BCUT2D eigenvalue weighted by Gasteiger charge is -2.29. The first-order valence-corrected chi connectivity index (χ1v) is 27.5. The third-order valence-electron chi connectivity index (χ3n) is 12.0. The molecule has 0 heterocycles. The van der Waals surface area contributed by atoms with E-state index in [-0.39, 0.29) is 19.1 Å². The van der Waals surface area contributed by atoms with E-state index in [0.29, 0.717) is 17.4 Å². The van der Waals surface area contributed by atoms with Gasteiger partial charge in [-0.05, 0) is 19.3 Å². The number of hydrogen-bond acceptors (Lipinski definition) is 6. The lowest BCUT2D eigenvalue weighted by Crippen LogP contribution is -2.45. The van der Waals surface area contributed by atoms with Crippen molar-refractivity contribution in [2.24, 2.45) is 0 Å². The molecule has 0 aromatic rings. The molecule has 0 aromatic carbocycles. The Bertz CT molecular complexity index is 989. The van der Waals surface area contributed by atoms with Crippen molar-refractivity contribution in [3.05, 3.63) is 12.2 Å². The van der Waals surface area contributed by atoms with Gasteiger partial charge in [0.1, 0.15) is 13.2 Å². The molecule has 9 heteroatoms. The zero-order chi connectivity index (χ0) is 44.3. The number of phosphoric acid groups is 1. The third-order valence-corrected chi connectivity index (χ3v) is 13.0. The van der Waals surface area contributed by atoms with E-state index in [1.54, 1.807) is 6.08 Å². The molecule has 3 atom stereocenters. The van der Waals surface area contributed by atoms with Crippen LogP contribution in [0.4, 0.5) is 0 Å². The summed E-state index contributed by atoms with van der Waals surface area (Å²) in [7, 11) is 1.28. The molecule has 0 spiro atoms. The zero-order valence-electron chi connectivity index (χ0n) is 40.7. The third kappa shape index (κ3) is 45.3. The second kappa shape index (κ2) is 43.5. The Kier molecular flexibility index (Phi) is 42.9. The SMILES string of the molecule is CCCCCCCCCCCCCCCCCCCCC/C=C/C(O)C(COP(=O)([O-])OCC[N+](C)(C)C)NC(=O)CCCCCCCCCCCCCCCCCCC. The van der Waals surface area contributed by atoms with E-state index >= 15 is 0 Å². The highest BCUT2D eigenvalue weighted by Crippen LogP contribution is 2.38. The second-order valence-electron chi connectivity index (χ2n) is 19.2. The maximum Gasteiger partial charge on any atom is 0.268 e. The number of likely N-dealkylation sites (N-methyl/N-ethyl adjacent to an activating group) is 1. The average molecular weight is 871 g/mol. The van der Waals surface area contributed by atoms with Gasteiger partial charge in [0.25, 0.3) is 7.82 Å². The van der Waals surface area contributed by atoms with Gasteiger partial charge in [0.15, 0.2) is 0 Å². The summed E-state index contributed by atoms with van der Waals surface area (Å²) in [5.41, 5.74) is 0. The molecule has 0 aliphatic rings. The van der Waals surface area contributed by atoms with E-state index in [1.165, 1.54) is 199 Å². The van der Waals surface area contributed by atoms with E-state index in [4.69, 9.17) is 9.05 Å². The minimum Gasteiger partial charge on any atom is -0.756 e. The molecule has 0 rings (SSSR count). The fourth-order valence-electron chi connectivity index (χ4n) is 7.86. The molecular formula is C51H103N2O6P. The predicted octanol–water partition coefficient (Wildman–Crippen LogP) is 14.5. The number of allylic oxidation sites excluding steroid dienone is 1. The summed E-state index contributed by atoms with van der Waals surface area (Å²) in [6, 6.07) is -0.881. The van der Waals surface area contributed by atoms with Crippen LogP contribution in [-0.2, 0) is 18.4 Å². The van der Waals surface area contributed by atoms with Crippen LogP contribution in [0.15, 0.2) is 12.2 Å². The Labute approximate surface area is 373 Å². The Morgan fingerprint density at radius 1 is 0.567 bits per heavy atom. The van der Waals surface area contributed by atoms with Crippen LogP contribution in [0.25, 0.3) is 0 Å². The number of aliphatic hydroxyl groups is 1. The number of quaternary nitrogens is 1. The normalized spacial score (nSPS) is 14.2. The van der Waals surface area contributed by atoms with Crippen LogP contribution in [-0.4, -0.2) is 68.5 Å². The molecule has 358 valence electrons. The van der Waals surface area contributed by atoms with Crippen molar-refractivity contribution >= 4 is 13.7 Å². The van der Waals surface area contributed by atoms with Gasteiger partial charge in [-0.3, -0.25) is 9.36 Å². The van der Waals surface area contributed by atoms with Crippen molar-refractivity contribution in [2.75, 3.05) is 40.9 Å². The maximum absolute atomic E-state index is 12.9. The second-order valence-corrected chi connectivity index (χ2v) is 20.7. The van der Waals surface area contributed by atoms with Crippen LogP contribution in [0, 0.1) is 0 Å². The minimum absolute atomic E-state index is 0.00249. The number of aliphatic hydroxyl groups excluding tert-OH is 1. The number of nitrogens with one attached hydrogen (secondary N) is 1. The van der Waals surface area contributed by atoms with Crippen LogP contribution >= 0.6 is 7.82 Å². The topological polar surface area (TPSA) is 108 Å². The van der Waals surface area contributed by atoms with Crippen LogP contribution in [0.3, 0.4) is 0 Å². The molecule has 0 saturated heterocycles. The highest BCUT2D eigenvalue weighted by Gasteiger charge is 2.23. The maximum atomic E-state index is 12.9. The van der Waals surface area contributed by atoms with E-state index in [1.807, 2.05) is 27.2 Å². The number of amides is 1. The van der Waals surface area contributed by atoms with Crippen molar-refractivity contribution < 1.29 is 32.9 Å². The van der Waals surface area contributed by atoms with E-state index in [2.05, 4.69) is 19.2 Å². The first-order valence-electron chi connectivity index (χ1n) is 26.1. The number of carbonyl (C=O) groups is 1. The predicted molar refractivity (Wildman–Crippen MR) is 256 cm³/mol.